The Balaban J connectivity index is 2.27. The summed E-state index contributed by atoms with van der Waals surface area (Å²) in [5.41, 5.74) is 6.47. The average molecular weight is 270 g/mol. The molecule has 0 radical (unpaired) electrons. The summed E-state index contributed by atoms with van der Waals surface area (Å²) < 4.78 is 32.4. The van der Waals surface area contributed by atoms with Crippen LogP contribution in [0.15, 0.2) is 18.2 Å². The first-order valence-corrected chi connectivity index (χ1v) is 6.57. The first-order chi connectivity index (χ1) is 9.13. The lowest BCUT2D eigenvalue weighted by atomic mass is 9.90. The van der Waals surface area contributed by atoms with E-state index < -0.39 is 11.6 Å². The molecule has 2 rings (SSSR count). The van der Waals surface area contributed by atoms with Gasteiger partial charge in [0, 0.05) is 25.3 Å². The van der Waals surface area contributed by atoms with Crippen molar-refractivity contribution in [1.29, 1.82) is 0 Å². The van der Waals surface area contributed by atoms with Crippen molar-refractivity contribution >= 4 is 0 Å². The zero-order valence-corrected chi connectivity index (χ0v) is 11.1. The molecule has 106 valence electrons. The van der Waals surface area contributed by atoms with Gasteiger partial charge in [0.15, 0.2) is 0 Å². The molecule has 2 N–H and O–H groups in total. The Hall–Kier alpha value is -1.04. The highest BCUT2D eigenvalue weighted by Gasteiger charge is 2.32. The van der Waals surface area contributed by atoms with Crippen LogP contribution in [0.5, 0.6) is 0 Å². The molecule has 3 nitrogen and oxygen atoms in total. The van der Waals surface area contributed by atoms with Gasteiger partial charge in [-0.1, -0.05) is 0 Å². The molecule has 0 aliphatic carbocycles. The number of hydrogen-bond acceptors (Lipinski definition) is 3. The summed E-state index contributed by atoms with van der Waals surface area (Å²) in [4.78, 5) is 2.08. The number of likely N-dealkylation sites (tertiary alicyclic amines) is 1. The molecule has 1 saturated heterocycles. The van der Waals surface area contributed by atoms with Crippen LogP contribution < -0.4 is 5.73 Å². The Morgan fingerprint density at radius 1 is 1.42 bits per heavy atom. The summed E-state index contributed by atoms with van der Waals surface area (Å²) in [5, 5.41) is 0. The molecule has 2 atom stereocenters. The van der Waals surface area contributed by atoms with Crippen molar-refractivity contribution in [2.75, 3.05) is 26.8 Å². The Morgan fingerprint density at radius 3 is 2.95 bits per heavy atom. The SMILES string of the molecule is COCCN1CCCC(N)C1c1cc(F)ccc1F. The maximum absolute atomic E-state index is 13.9. The molecule has 2 unspecified atom stereocenters. The zero-order chi connectivity index (χ0) is 13.8. The summed E-state index contributed by atoms with van der Waals surface area (Å²) in [6.45, 7) is 2.06. The van der Waals surface area contributed by atoms with Gasteiger partial charge in [-0.3, -0.25) is 4.90 Å². The molecule has 5 heteroatoms. The fourth-order valence-corrected chi connectivity index (χ4v) is 2.73. The van der Waals surface area contributed by atoms with E-state index in [1.807, 2.05) is 0 Å². The Morgan fingerprint density at radius 2 is 2.21 bits per heavy atom. The fraction of sp³-hybridized carbons (Fsp3) is 0.571. The molecule has 0 amide bonds. The molecule has 0 saturated carbocycles. The van der Waals surface area contributed by atoms with Crippen molar-refractivity contribution in [3.05, 3.63) is 35.4 Å². The van der Waals surface area contributed by atoms with Crippen LogP contribution >= 0.6 is 0 Å². The number of hydrogen-bond donors (Lipinski definition) is 1. The minimum atomic E-state index is -0.430. The van der Waals surface area contributed by atoms with Gasteiger partial charge in [0.1, 0.15) is 11.6 Å². The second kappa shape index (κ2) is 6.41. The summed E-state index contributed by atoms with van der Waals surface area (Å²) in [7, 11) is 1.63. The predicted molar refractivity (Wildman–Crippen MR) is 69.8 cm³/mol. The fourth-order valence-electron chi connectivity index (χ4n) is 2.73. The lowest BCUT2D eigenvalue weighted by Gasteiger charge is -2.40. The number of nitrogens with zero attached hydrogens (tertiary/aromatic N) is 1. The van der Waals surface area contributed by atoms with E-state index >= 15 is 0 Å². The molecule has 1 fully saturated rings. The first kappa shape index (κ1) is 14.4. The van der Waals surface area contributed by atoms with E-state index in [9.17, 15) is 8.78 Å². The molecule has 1 aliphatic rings. The molecule has 0 spiro atoms. The van der Waals surface area contributed by atoms with Crippen LogP contribution in [0.1, 0.15) is 24.4 Å². The van der Waals surface area contributed by atoms with E-state index in [0.29, 0.717) is 18.7 Å². The third-order valence-electron chi connectivity index (χ3n) is 3.64. The van der Waals surface area contributed by atoms with E-state index in [0.717, 1.165) is 25.5 Å². The van der Waals surface area contributed by atoms with Gasteiger partial charge in [-0.15, -0.1) is 0 Å². The molecule has 0 aromatic heterocycles. The van der Waals surface area contributed by atoms with Gasteiger partial charge >= 0.3 is 0 Å². The maximum atomic E-state index is 13.9. The van der Waals surface area contributed by atoms with E-state index in [-0.39, 0.29) is 12.1 Å². The standard InChI is InChI=1S/C14H20F2N2O/c1-19-8-7-18-6-2-3-13(17)14(18)11-9-10(15)4-5-12(11)16/h4-5,9,13-14H,2-3,6-8,17H2,1H3. The van der Waals surface area contributed by atoms with Gasteiger partial charge in [0.2, 0.25) is 0 Å². The minimum absolute atomic E-state index is 0.179. The monoisotopic (exact) mass is 270 g/mol. The minimum Gasteiger partial charge on any atom is -0.383 e. The number of benzene rings is 1. The molecular formula is C14H20F2N2O. The highest BCUT2D eigenvalue weighted by molar-refractivity contribution is 5.24. The molecule has 1 aliphatic heterocycles. The van der Waals surface area contributed by atoms with Gasteiger partial charge in [-0.2, -0.15) is 0 Å². The second-order valence-electron chi connectivity index (χ2n) is 4.95. The van der Waals surface area contributed by atoms with Crippen molar-refractivity contribution in [3.8, 4) is 0 Å². The van der Waals surface area contributed by atoms with Crippen LogP contribution in [0.2, 0.25) is 0 Å². The van der Waals surface area contributed by atoms with E-state index in [2.05, 4.69) is 4.90 Å². The van der Waals surface area contributed by atoms with Crippen molar-refractivity contribution in [3.63, 3.8) is 0 Å². The van der Waals surface area contributed by atoms with Crippen molar-refractivity contribution in [2.24, 2.45) is 5.73 Å². The third kappa shape index (κ3) is 3.29. The van der Waals surface area contributed by atoms with Gasteiger partial charge in [0.25, 0.3) is 0 Å². The Kier molecular flexibility index (Phi) is 4.85. The van der Waals surface area contributed by atoms with Gasteiger partial charge in [0.05, 0.1) is 12.6 Å². The largest absolute Gasteiger partial charge is 0.383 e. The van der Waals surface area contributed by atoms with Crippen LogP contribution in [-0.2, 0) is 4.74 Å². The van der Waals surface area contributed by atoms with Crippen LogP contribution in [0, 0.1) is 11.6 Å². The van der Waals surface area contributed by atoms with Crippen molar-refractivity contribution in [1.82, 2.24) is 4.90 Å². The number of methoxy groups -OCH3 is 1. The van der Waals surface area contributed by atoms with Crippen LogP contribution in [0.4, 0.5) is 8.78 Å². The van der Waals surface area contributed by atoms with E-state index in [1.54, 1.807) is 7.11 Å². The van der Waals surface area contributed by atoms with Crippen molar-refractivity contribution < 1.29 is 13.5 Å². The number of rotatable bonds is 4. The smallest absolute Gasteiger partial charge is 0.128 e. The quantitative estimate of drug-likeness (QED) is 0.910. The highest BCUT2D eigenvalue weighted by atomic mass is 19.1. The normalized spacial score (nSPS) is 24.6. The molecule has 1 aromatic rings. The summed E-state index contributed by atoms with van der Waals surface area (Å²) in [6, 6.07) is 3.10. The Bertz CT molecular complexity index is 428. The average Bonchev–Trinajstić information content (AvgIpc) is 2.39. The van der Waals surface area contributed by atoms with Gasteiger partial charge in [-0.05, 0) is 37.6 Å². The lowest BCUT2D eigenvalue weighted by molar-refractivity contribution is 0.0829. The number of nitrogens with two attached hydrogens (primary N) is 1. The Labute approximate surface area is 112 Å². The first-order valence-electron chi connectivity index (χ1n) is 6.57. The summed E-state index contributed by atoms with van der Waals surface area (Å²) in [6.07, 6.45) is 1.79. The summed E-state index contributed by atoms with van der Waals surface area (Å²) in [5.74, 6) is -0.827. The number of ether oxygens (including phenoxy) is 1. The highest BCUT2D eigenvalue weighted by Crippen LogP contribution is 2.31. The third-order valence-corrected chi connectivity index (χ3v) is 3.64. The topological polar surface area (TPSA) is 38.5 Å². The molecule has 19 heavy (non-hydrogen) atoms. The molecule has 1 heterocycles. The van der Waals surface area contributed by atoms with Crippen LogP contribution in [0.25, 0.3) is 0 Å². The van der Waals surface area contributed by atoms with Gasteiger partial charge in [-0.25, -0.2) is 8.78 Å². The zero-order valence-electron chi connectivity index (χ0n) is 11.1. The predicted octanol–water partition coefficient (Wildman–Crippen LogP) is 2.08. The molecular weight excluding hydrogens is 250 g/mol. The van der Waals surface area contributed by atoms with Crippen molar-refractivity contribution in [2.45, 2.75) is 24.9 Å². The number of halogens is 2. The maximum Gasteiger partial charge on any atom is 0.128 e. The second-order valence-corrected chi connectivity index (χ2v) is 4.95. The van der Waals surface area contributed by atoms with E-state index in [1.165, 1.54) is 12.1 Å². The summed E-state index contributed by atoms with van der Waals surface area (Å²) >= 11 is 0. The molecule has 1 aromatic carbocycles. The lowest BCUT2D eigenvalue weighted by Crippen LogP contribution is -2.47. The van der Waals surface area contributed by atoms with Crippen LogP contribution in [-0.4, -0.2) is 37.7 Å². The van der Waals surface area contributed by atoms with Gasteiger partial charge < -0.3 is 10.5 Å². The molecule has 0 bridgehead atoms. The number of piperidine rings is 1. The van der Waals surface area contributed by atoms with E-state index in [4.69, 9.17) is 10.5 Å². The van der Waals surface area contributed by atoms with Crippen LogP contribution in [0.3, 0.4) is 0 Å².